The first-order valence-electron chi connectivity index (χ1n) is 6.99. The predicted molar refractivity (Wildman–Crippen MR) is 96.6 cm³/mol. The quantitative estimate of drug-likeness (QED) is 0.722. The molecule has 3 N–H and O–H groups in total. The number of hydrogen-bond acceptors (Lipinski definition) is 4. The van der Waals surface area contributed by atoms with Crippen LogP contribution in [0.4, 0.5) is 11.4 Å². The maximum Gasteiger partial charge on any atom is 0.252 e. The Morgan fingerprint density at radius 1 is 1.21 bits per heavy atom. The van der Waals surface area contributed by atoms with E-state index in [1.54, 1.807) is 25.3 Å². The number of hydrogen-bond donors (Lipinski definition) is 2. The van der Waals surface area contributed by atoms with Gasteiger partial charge >= 0.3 is 0 Å². The summed E-state index contributed by atoms with van der Waals surface area (Å²) in [5.41, 5.74) is 7.50. The molecule has 0 unspecified atom stereocenters. The lowest BCUT2D eigenvalue weighted by molar-refractivity contribution is 0.100. The number of ether oxygens (including phenoxy) is 1. The second-order valence-electron chi connectivity index (χ2n) is 5.02. The Balaban J connectivity index is 2.25. The number of halogens is 2. The minimum absolute atomic E-state index is 0.242. The van der Waals surface area contributed by atoms with Gasteiger partial charge in [-0.05, 0) is 24.3 Å². The van der Waals surface area contributed by atoms with Crippen molar-refractivity contribution in [2.75, 3.05) is 12.4 Å². The van der Waals surface area contributed by atoms with Crippen molar-refractivity contribution in [2.45, 2.75) is 0 Å². The van der Waals surface area contributed by atoms with E-state index in [1.165, 1.54) is 6.20 Å². The van der Waals surface area contributed by atoms with E-state index in [0.29, 0.717) is 38.1 Å². The third-order valence-corrected chi connectivity index (χ3v) is 4.26. The first-order chi connectivity index (χ1) is 11.5. The largest absolute Gasteiger partial charge is 0.495 e. The van der Waals surface area contributed by atoms with Gasteiger partial charge < -0.3 is 15.8 Å². The number of nitrogens with zero attached hydrogens (tertiary/aromatic N) is 1. The Hall–Kier alpha value is -2.50. The van der Waals surface area contributed by atoms with Crippen LogP contribution in [-0.4, -0.2) is 18.0 Å². The van der Waals surface area contributed by atoms with Crippen LogP contribution in [0, 0.1) is 0 Å². The van der Waals surface area contributed by atoms with Crippen molar-refractivity contribution in [3.05, 3.63) is 58.2 Å². The predicted octanol–water partition coefficient (Wildman–Crippen LogP) is 4.39. The van der Waals surface area contributed by atoms with E-state index in [2.05, 4.69) is 10.3 Å². The van der Waals surface area contributed by atoms with Crippen molar-refractivity contribution < 1.29 is 9.53 Å². The van der Waals surface area contributed by atoms with Crippen LogP contribution in [0.15, 0.2) is 42.6 Å². The van der Waals surface area contributed by atoms with Gasteiger partial charge in [0.2, 0.25) is 0 Å². The summed E-state index contributed by atoms with van der Waals surface area (Å²) in [6, 6.07) is 10.6. The minimum Gasteiger partial charge on any atom is -0.495 e. The van der Waals surface area contributed by atoms with Crippen LogP contribution in [0.25, 0.3) is 10.9 Å². The molecule has 0 fully saturated rings. The Morgan fingerprint density at radius 3 is 2.62 bits per heavy atom. The minimum atomic E-state index is -0.604. The molecule has 24 heavy (non-hydrogen) atoms. The van der Waals surface area contributed by atoms with Crippen LogP contribution in [-0.2, 0) is 0 Å². The van der Waals surface area contributed by atoms with Gasteiger partial charge in [0.25, 0.3) is 5.91 Å². The summed E-state index contributed by atoms with van der Waals surface area (Å²) >= 11 is 12.2. The SMILES string of the molecule is COc1ccccc1Nc1c(C(N)=O)cnc2cc(Cl)c(Cl)cc12. The summed E-state index contributed by atoms with van der Waals surface area (Å²) < 4.78 is 5.33. The van der Waals surface area contributed by atoms with Crippen LogP contribution in [0.1, 0.15) is 10.4 Å². The van der Waals surface area contributed by atoms with E-state index >= 15 is 0 Å². The maximum atomic E-state index is 11.8. The lowest BCUT2D eigenvalue weighted by atomic mass is 10.1. The van der Waals surface area contributed by atoms with Gasteiger partial charge in [-0.25, -0.2) is 0 Å². The fourth-order valence-electron chi connectivity index (χ4n) is 2.39. The van der Waals surface area contributed by atoms with Gasteiger partial charge in [-0.15, -0.1) is 0 Å². The van der Waals surface area contributed by atoms with Gasteiger partial charge in [0.15, 0.2) is 0 Å². The molecule has 0 aliphatic carbocycles. The number of nitrogens with one attached hydrogen (secondary N) is 1. The Bertz CT molecular complexity index is 945. The number of aromatic nitrogens is 1. The van der Waals surface area contributed by atoms with Crippen LogP contribution in [0.5, 0.6) is 5.75 Å². The van der Waals surface area contributed by atoms with E-state index in [9.17, 15) is 4.79 Å². The molecule has 3 aromatic rings. The number of fused-ring (bicyclic) bond motifs is 1. The molecule has 5 nitrogen and oxygen atoms in total. The zero-order valence-corrected chi connectivity index (χ0v) is 14.2. The number of carbonyl (C=O) groups excluding carboxylic acids is 1. The van der Waals surface area contributed by atoms with Gasteiger partial charge in [-0.3, -0.25) is 9.78 Å². The molecule has 0 spiro atoms. The highest BCUT2D eigenvalue weighted by Crippen LogP contribution is 2.36. The normalized spacial score (nSPS) is 10.6. The number of carbonyl (C=O) groups is 1. The zero-order chi connectivity index (χ0) is 17.3. The van der Waals surface area contributed by atoms with Crippen molar-refractivity contribution in [2.24, 2.45) is 5.73 Å². The molecular formula is C17H13Cl2N3O2. The number of primary amides is 1. The average Bonchev–Trinajstić information content (AvgIpc) is 2.56. The van der Waals surface area contributed by atoms with Crippen molar-refractivity contribution in [3.63, 3.8) is 0 Å². The third-order valence-electron chi connectivity index (χ3n) is 3.54. The molecule has 2 aromatic carbocycles. The molecule has 0 bridgehead atoms. The average molecular weight is 362 g/mol. The summed E-state index contributed by atoms with van der Waals surface area (Å²) in [5.74, 6) is 0.0193. The van der Waals surface area contributed by atoms with Gasteiger partial charge in [-0.1, -0.05) is 35.3 Å². The molecule has 0 saturated carbocycles. The Labute approximate surface area is 148 Å². The summed E-state index contributed by atoms with van der Waals surface area (Å²) in [6.45, 7) is 0. The highest BCUT2D eigenvalue weighted by molar-refractivity contribution is 6.43. The lowest BCUT2D eigenvalue weighted by Gasteiger charge is -2.15. The molecule has 1 aromatic heterocycles. The highest BCUT2D eigenvalue weighted by Gasteiger charge is 2.16. The fraction of sp³-hybridized carbons (Fsp3) is 0.0588. The van der Waals surface area contributed by atoms with Crippen LogP contribution in [0.3, 0.4) is 0 Å². The molecule has 1 amide bonds. The summed E-state index contributed by atoms with van der Waals surface area (Å²) in [6.07, 6.45) is 1.41. The zero-order valence-electron chi connectivity index (χ0n) is 12.6. The standard InChI is InChI=1S/C17H13Cl2N3O2/c1-24-15-5-3-2-4-13(15)22-16-9-6-11(18)12(19)7-14(9)21-8-10(16)17(20)23/h2-8H,1H3,(H2,20,23)(H,21,22). The van der Waals surface area contributed by atoms with Gasteiger partial charge in [0.1, 0.15) is 5.75 Å². The lowest BCUT2D eigenvalue weighted by Crippen LogP contribution is -2.14. The first kappa shape index (κ1) is 16.4. The van der Waals surface area contributed by atoms with Crippen LogP contribution < -0.4 is 15.8 Å². The van der Waals surface area contributed by atoms with E-state index < -0.39 is 5.91 Å². The molecule has 0 atom stereocenters. The Morgan fingerprint density at radius 2 is 1.92 bits per heavy atom. The van der Waals surface area contributed by atoms with Crippen molar-refractivity contribution in [1.29, 1.82) is 0 Å². The summed E-state index contributed by atoms with van der Waals surface area (Å²) in [5, 5.41) is 4.56. The molecule has 3 rings (SSSR count). The highest BCUT2D eigenvalue weighted by atomic mass is 35.5. The number of benzene rings is 2. The van der Waals surface area contributed by atoms with E-state index in [4.69, 9.17) is 33.7 Å². The molecule has 0 radical (unpaired) electrons. The van der Waals surface area contributed by atoms with Gasteiger partial charge in [0.05, 0.1) is 39.6 Å². The number of pyridine rings is 1. The summed E-state index contributed by atoms with van der Waals surface area (Å²) in [7, 11) is 1.57. The van der Waals surface area contributed by atoms with Crippen LogP contribution in [0.2, 0.25) is 10.0 Å². The number of nitrogens with two attached hydrogens (primary N) is 1. The molecule has 0 aliphatic heterocycles. The number of methoxy groups -OCH3 is 1. The van der Waals surface area contributed by atoms with Crippen molar-refractivity contribution in [3.8, 4) is 5.75 Å². The van der Waals surface area contributed by atoms with Gasteiger partial charge in [-0.2, -0.15) is 0 Å². The molecule has 1 heterocycles. The number of amides is 1. The summed E-state index contributed by atoms with van der Waals surface area (Å²) in [4.78, 5) is 16.0. The molecule has 0 aliphatic rings. The molecule has 0 saturated heterocycles. The third kappa shape index (κ3) is 2.96. The van der Waals surface area contributed by atoms with Crippen LogP contribution >= 0.6 is 23.2 Å². The first-order valence-corrected chi connectivity index (χ1v) is 7.74. The second kappa shape index (κ2) is 6.55. The van der Waals surface area contributed by atoms with E-state index in [1.807, 2.05) is 18.2 Å². The number of para-hydroxylation sites is 2. The Kier molecular flexibility index (Phi) is 4.46. The molecule has 122 valence electrons. The van der Waals surface area contributed by atoms with E-state index in [0.717, 1.165) is 0 Å². The van der Waals surface area contributed by atoms with Crippen molar-refractivity contribution >= 4 is 51.4 Å². The second-order valence-corrected chi connectivity index (χ2v) is 5.83. The number of rotatable bonds is 4. The monoisotopic (exact) mass is 361 g/mol. The molecular weight excluding hydrogens is 349 g/mol. The maximum absolute atomic E-state index is 11.8. The molecule has 7 heteroatoms. The van der Waals surface area contributed by atoms with Crippen molar-refractivity contribution in [1.82, 2.24) is 4.98 Å². The van der Waals surface area contributed by atoms with Gasteiger partial charge in [0, 0.05) is 11.6 Å². The fourth-order valence-corrected chi connectivity index (χ4v) is 2.71. The smallest absolute Gasteiger partial charge is 0.252 e. The number of anilines is 2. The topological polar surface area (TPSA) is 77.2 Å². The van der Waals surface area contributed by atoms with E-state index in [-0.39, 0.29) is 5.56 Å².